The lowest BCUT2D eigenvalue weighted by molar-refractivity contribution is -0.141. The molecule has 0 saturated heterocycles. The maximum absolute atomic E-state index is 13.1. The second kappa shape index (κ2) is 4.61. The number of amidine groups is 1. The fourth-order valence-corrected chi connectivity index (χ4v) is 2.66. The largest absolute Gasteiger partial charge is 0.433 e. The van der Waals surface area contributed by atoms with Crippen LogP contribution in [0.1, 0.15) is 17.7 Å². The Hall–Kier alpha value is -2.31. The van der Waals surface area contributed by atoms with Crippen molar-refractivity contribution in [1.29, 1.82) is 0 Å². The summed E-state index contributed by atoms with van der Waals surface area (Å²) in [6.45, 7) is 0. The molecule has 0 amide bonds. The fourth-order valence-electron chi connectivity index (χ4n) is 2.66. The van der Waals surface area contributed by atoms with Crippen LogP contribution in [0, 0.1) is 0 Å². The van der Waals surface area contributed by atoms with Crippen molar-refractivity contribution in [3.8, 4) is 0 Å². The van der Waals surface area contributed by atoms with E-state index in [4.69, 9.17) is 5.73 Å². The zero-order chi connectivity index (χ0) is 15.2. The highest BCUT2D eigenvalue weighted by Gasteiger charge is 2.38. The van der Waals surface area contributed by atoms with Crippen LogP contribution in [0.5, 0.6) is 0 Å². The molecule has 0 bridgehead atoms. The summed E-state index contributed by atoms with van der Waals surface area (Å²) in [5.74, 6) is 0.417. The van der Waals surface area contributed by atoms with Gasteiger partial charge >= 0.3 is 6.18 Å². The van der Waals surface area contributed by atoms with Crippen LogP contribution in [-0.2, 0) is 6.18 Å². The molecular weight excluding hydrogens is 281 g/mol. The second-order valence-electron chi connectivity index (χ2n) is 4.99. The Balaban J connectivity index is 2.03. The summed E-state index contributed by atoms with van der Waals surface area (Å²) >= 11 is 0. The lowest BCUT2D eigenvalue weighted by Crippen LogP contribution is -2.28. The molecule has 0 fully saturated rings. The van der Waals surface area contributed by atoms with Crippen LogP contribution in [0.25, 0.3) is 5.57 Å². The number of alkyl halides is 3. The van der Waals surface area contributed by atoms with Crippen molar-refractivity contribution in [2.75, 3.05) is 7.05 Å². The number of likely N-dealkylation sites (N-methyl/N-ethyl adjacent to an activating group) is 1. The van der Waals surface area contributed by atoms with Gasteiger partial charge in [-0.25, -0.2) is 0 Å². The molecule has 2 N–H and O–H groups in total. The van der Waals surface area contributed by atoms with Gasteiger partial charge in [0, 0.05) is 24.4 Å². The highest BCUT2D eigenvalue weighted by molar-refractivity contribution is 6.01. The molecule has 1 aliphatic heterocycles. The molecular formula is C14H13F3N4. The maximum atomic E-state index is 13.1. The van der Waals surface area contributed by atoms with Crippen molar-refractivity contribution < 1.29 is 13.2 Å². The average Bonchev–Trinajstić information content (AvgIpc) is 2.73. The first-order valence-electron chi connectivity index (χ1n) is 6.38. The monoisotopic (exact) mass is 294 g/mol. The van der Waals surface area contributed by atoms with Crippen molar-refractivity contribution in [2.45, 2.75) is 18.6 Å². The Morgan fingerprint density at radius 1 is 1.33 bits per heavy atom. The number of hydrogen-bond acceptors (Lipinski definition) is 4. The molecule has 3 rings (SSSR count). The third kappa shape index (κ3) is 2.28. The topological polar surface area (TPSA) is 54.5 Å². The summed E-state index contributed by atoms with van der Waals surface area (Å²) in [5.41, 5.74) is 6.46. The van der Waals surface area contributed by atoms with Crippen molar-refractivity contribution in [2.24, 2.45) is 10.8 Å². The molecule has 110 valence electrons. The minimum absolute atomic E-state index is 0.110. The van der Waals surface area contributed by atoms with E-state index in [1.165, 1.54) is 12.1 Å². The average molecular weight is 294 g/mol. The molecule has 2 aliphatic rings. The molecule has 7 heteroatoms. The summed E-state index contributed by atoms with van der Waals surface area (Å²) in [6.07, 6.45) is 0.498. The minimum Gasteiger partial charge on any atom is -0.382 e. The van der Waals surface area contributed by atoms with E-state index in [0.717, 1.165) is 11.8 Å². The van der Waals surface area contributed by atoms with E-state index < -0.39 is 11.9 Å². The summed E-state index contributed by atoms with van der Waals surface area (Å²) in [6, 6.07) is 2.83. The van der Waals surface area contributed by atoms with Crippen LogP contribution < -0.4 is 5.73 Å². The predicted molar refractivity (Wildman–Crippen MR) is 73.1 cm³/mol. The van der Waals surface area contributed by atoms with Gasteiger partial charge in [-0.1, -0.05) is 18.2 Å². The van der Waals surface area contributed by atoms with Crippen LogP contribution in [0.2, 0.25) is 0 Å². The molecule has 0 aromatic carbocycles. The first kappa shape index (κ1) is 13.7. The number of pyridine rings is 1. The first-order chi connectivity index (χ1) is 9.88. The van der Waals surface area contributed by atoms with E-state index in [0.29, 0.717) is 17.8 Å². The number of aromatic nitrogens is 1. The fraction of sp³-hybridized carbons (Fsp3) is 0.286. The predicted octanol–water partition coefficient (Wildman–Crippen LogP) is 2.40. The summed E-state index contributed by atoms with van der Waals surface area (Å²) in [5, 5.41) is 5.80. The molecule has 0 spiro atoms. The number of rotatable bonds is 1. The van der Waals surface area contributed by atoms with Gasteiger partial charge in [0.2, 0.25) is 0 Å². The summed E-state index contributed by atoms with van der Waals surface area (Å²) in [7, 11) is 1.76. The highest BCUT2D eigenvalue weighted by atomic mass is 19.4. The standard InChI is InChI=1S/C14H13F3N4/c1-21-11-7-8(4-5-10(11)13(18)20-21)9-3-2-6-19-12(9)14(15,16)17/h2-6,11H,7H2,1H3,(H2,18,20). The third-order valence-corrected chi connectivity index (χ3v) is 3.67. The number of halogens is 3. The third-order valence-electron chi connectivity index (χ3n) is 3.67. The van der Waals surface area contributed by atoms with Gasteiger partial charge in [0.15, 0.2) is 5.69 Å². The van der Waals surface area contributed by atoms with Crippen LogP contribution in [-0.4, -0.2) is 28.9 Å². The van der Waals surface area contributed by atoms with E-state index >= 15 is 0 Å². The molecule has 1 atom stereocenters. The number of hydrazone groups is 1. The molecule has 0 radical (unpaired) electrons. The quantitative estimate of drug-likeness (QED) is 0.865. The number of hydrogen-bond donors (Lipinski definition) is 1. The van der Waals surface area contributed by atoms with Gasteiger partial charge in [0.05, 0.1) is 6.04 Å². The normalized spacial score (nSPS) is 21.6. The number of allylic oxidation sites excluding steroid dienone is 2. The Morgan fingerprint density at radius 2 is 2.10 bits per heavy atom. The van der Waals surface area contributed by atoms with E-state index in [2.05, 4.69) is 10.1 Å². The number of nitrogens with two attached hydrogens (primary N) is 1. The molecule has 1 unspecified atom stereocenters. The van der Waals surface area contributed by atoms with E-state index in [1.807, 2.05) is 0 Å². The molecule has 21 heavy (non-hydrogen) atoms. The van der Waals surface area contributed by atoms with Crippen LogP contribution >= 0.6 is 0 Å². The van der Waals surface area contributed by atoms with Gasteiger partial charge < -0.3 is 5.73 Å². The van der Waals surface area contributed by atoms with Crippen LogP contribution in [0.3, 0.4) is 0 Å². The number of nitrogens with zero attached hydrogens (tertiary/aromatic N) is 3. The zero-order valence-corrected chi connectivity index (χ0v) is 11.2. The molecule has 0 saturated carbocycles. The maximum Gasteiger partial charge on any atom is 0.433 e. The zero-order valence-electron chi connectivity index (χ0n) is 11.2. The SMILES string of the molecule is CN1N=C(N)C2=CC=C(c3cccnc3C(F)(F)F)CC21. The Bertz CT molecular complexity index is 673. The van der Waals surface area contributed by atoms with Crippen molar-refractivity contribution in [3.63, 3.8) is 0 Å². The van der Waals surface area contributed by atoms with E-state index in [-0.39, 0.29) is 11.6 Å². The molecule has 1 aromatic heterocycles. The molecule has 2 heterocycles. The van der Waals surface area contributed by atoms with Crippen LogP contribution in [0.4, 0.5) is 13.2 Å². The lowest BCUT2D eigenvalue weighted by Gasteiger charge is -2.25. The smallest absolute Gasteiger partial charge is 0.382 e. The Morgan fingerprint density at radius 3 is 2.81 bits per heavy atom. The Kier molecular flexibility index (Phi) is 3.00. The van der Waals surface area contributed by atoms with Crippen molar-refractivity contribution in [1.82, 2.24) is 9.99 Å². The van der Waals surface area contributed by atoms with Gasteiger partial charge in [-0.05, 0) is 18.1 Å². The molecule has 1 aromatic rings. The van der Waals surface area contributed by atoms with Gasteiger partial charge in [-0.3, -0.25) is 9.99 Å². The molecule has 4 nitrogen and oxygen atoms in total. The summed E-state index contributed by atoms with van der Waals surface area (Å²) < 4.78 is 39.2. The lowest BCUT2D eigenvalue weighted by atomic mass is 9.88. The van der Waals surface area contributed by atoms with Gasteiger partial charge in [0.25, 0.3) is 0 Å². The highest BCUT2D eigenvalue weighted by Crippen LogP contribution is 2.38. The minimum atomic E-state index is -4.47. The molecule has 1 aliphatic carbocycles. The summed E-state index contributed by atoms with van der Waals surface area (Å²) in [4.78, 5) is 3.49. The van der Waals surface area contributed by atoms with Crippen LogP contribution in [0.15, 0.2) is 41.2 Å². The van der Waals surface area contributed by atoms with E-state index in [1.54, 1.807) is 24.2 Å². The van der Waals surface area contributed by atoms with Gasteiger partial charge in [-0.2, -0.15) is 18.3 Å². The van der Waals surface area contributed by atoms with Gasteiger partial charge in [0.1, 0.15) is 5.84 Å². The van der Waals surface area contributed by atoms with E-state index in [9.17, 15) is 13.2 Å². The second-order valence-corrected chi connectivity index (χ2v) is 4.99. The number of fused-ring (bicyclic) bond motifs is 1. The first-order valence-corrected chi connectivity index (χ1v) is 6.38. The van der Waals surface area contributed by atoms with Crippen molar-refractivity contribution >= 4 is 11.4 Å². The van der Waals surface area contributed by atoms with Gasteiger partial charge in [-0.15, -0.1) is 0 Å². The van der Waals surface area contributed by atoms with Crippen molar-refractivity contribution in [3.05, 3.63) is 47.3 Å². The Labute approximate surface area is 119 Å².